The standard InChI is InChI=1S/C17H14N4/c1-11-3-4-12(2)15(9-11)13-5-7-14(8-6-13)17-16(10-18)19-21-20-17/h3-9H,1-2H3,(H,19,20,21). The van der Waals surface area contributed by atoms with E-state index in [1.807, 2.05) is 24.3 Å². The summed E-state index contributed by atoms with van der Waals surface area (Å²) in [5, 5.41) is 19.2. The molecule has 1 aromatic heterocycles. The number of aromatic nitrogens is 3. The van der Waals surface area contributed by atoms with E-state index in [-0.39, 0.29) is 0 Å². The number of H-pyrrole nitrogens is 1. The Morgan fingerprint density at radius 2 is 1.71 bits per heavy atom. The number of aryl methyl sites for hydroxylation is 2. The van der Waals surface area contributed by atoms with E-state index >= 15 is 0 Å². The number of nitrogens with one attached hydrogen (secondary N) is 1. The molecule has 2 aromatic carbocycles. The van der Waals surface area contributed by atoms with Gasteiger partial charge in [0.05, 0.1) is 0 Å². The highest BCUT2D eigenvalue weighted by Crippen LogP contribution is 2.27. The molecule has 102 valence electrons. The van der Waals surface area contributed by atoms with Gasteiger partial charge in [-0.15, -0.1) is 5.10 Å². The predicted octanol–water partition coefficient (Wildman–Crippen LogP) is 3.63. The number of aromatic amines is 1. The molecule has 4 heteroatoms. The summed E-state index contributed by atoms with van der Waals surface area (Å²) in [4.78, 5) is 0. The molecule has 0 bridgehead atoms. The Hall–Kier alpha value is -2.93. The van der Waals surface area contributed by atoms with Gasteiger partial charge in [0.1, 0.15) is 11.8 Å². The van der Waals surface area contributed by atoms with Crippen LogP contribution in [0, 0.1) is 25.2 Å². The summed E-state index contributed by atoms with van der Waals surface area (Å²) in [5.74, 6) is 0. The van der Waals surface area contributed by atoms with Crippen molar-refractivity contribution in [2.75, 3.05) is 0 Å². The summed E-state index contributed by atoms with van der Waals surface area (Å²) in [7, 11) is 0. The zero-order valence-electron chi connectivity index (χ0n) is 11.9. The molecular formula is C17H14N4. The van der Waals surface area contributed by atoms with Crippen molar-refractivity contribution in [3.8, 4) is 28.5 Å². The predicted molar refractivity (Wildman–Crippen MR) is 81.4 cm³/mol. The van der Waals surface area contributed by atoms with Gasteiger partial charge in [0.15, 0.2) is 5.69 Å². The second-order valence-electron chi connectivity index (χ2n) is 5.04. The zero-order chi connectivity index (χ0) is 14.8. The second-order valence-corrected chi connectivity index (χ2v) is 5.04. The van der Waals surface area contributed by atoms with Crippen molar-refractivity contribution in [2.45, 2.75) is 13.8 Å². The minimum atomic E-state index is 0.384. The summed E-state index contributed by atoms with van der Waals surface area (Å²) in [5.41, 5.74) is 6.72. The minimum absolute atomic E-state index is 0.384. The summed E-state index contributed by atoms with van der Waals surface area (Å²) in [6.07, 6.45) is 0. The first-order chi connectivity index (χ1) is 10.2. The summed E-state index contributed by atoms with van der Waals surface area (Å²) in [6.45, 7) is 4.19. The zero-order valence-corrected chi connectivity index (χ0v) is 11.9. The molecule has 0 aliphatic carbocycles. The van der Waals surface area contributed by atoms with Gasteiger partial charge >= 0.3 is 0 Å². The van der Waals surface area contributed by atoms with Crippen LogP contribution in [-0.4, -0.2) is 15.4 Å². The SMILES string of the molecule is Cc1ccc(C)c(-c2ccc(-c3nn[nH]c3C#N)cc2)c1. The van der Waals surface area contributed by atoms with Crippen molar-refractivity contribution in [3.05, 3.63) is 59.3 Å². The van der Waals surface area contributed by atoms with Gasteiger partial charge in [-0.3, -0.25) is 0 Å². The van der Waals surface area contributed by atoms with Crippen LogP contribution in [0.4, 0.5) is 0 Å². The Kier molecular flexibility index (Phi) is 3.25. The Labute approximate surface area is 123 Å². The van der Waals surface area contributed by atoms with Gasteiger partial charge in [0.2, 0.25) is 0 Å². The van der Waals surface area contributed by atoms with Crippen LogP contribution in [0.3, 0.4) is 0 Å². The first-order valence-electron chi connectivity index (χ1n) is 6.68. The summed E-state index contributed by atoms with van der Waals surface area (Å²) in [6, 6.07) is 16.5. The molecule has 3 aromatic rings. The Bertz CT molecular complexity index is 823. The van der Waals surface area contributed by atoms with Crippen molar-refractivity contribution in [3.63, 3.8) is 0 Å². The normalized spacial score (nSPS) is 10.3. The molecule has 21 heavy (non-hydrogen) atoms. The van der Waals surface area contributed by atoms with Crippen LogP contribution in [0.5, 0.6) is 0 Å². The molecule has 0 unspecified atom stereocenters. The number of rotatable bonds is 2. The lowest BCUT2D eigenvalue weighted by molar-refractivity contribution is 0.937. The molecule has 0 aliphatic rings. The number of nitriles is 1. The van der Waals surface area contributed by atoms with Gasteiger partial charge < -0.3 is 0 Å². The third-order valence-corrected chi connectivity index (χ3v) is 3.52. The fourth-order valence-electron chi connectivity index (χ4n) is 2.36. The van der Waals surface area contributed by atoms with Crippen LogP contribution in [-0.2, 0) is 0 Å². The van der Waals surface area contributed by atoms with Crippen LogP contribution >= 0.6 is 0 Å². The first-order valence-corrected chi connectivity index (χ1v) is 6.68. The minimum Gasteiger partial charge on any atom is -0.247 e. The molecule has 0 atom stereocenters. The van der Waals surface area contributed by atoms with Crippen molar-refractivity contribution in [2.24, 2.45) is 0 Å². The lowest BCUT2D eigenvalue weighted by Crippen LogP contribution is -1.86. The number of hydrogen-bond acceptors (Lipinski definition) is 3. The van der Waals surface area contributed by atoms with E-state index in [1.54, 1.807) is 0 Å². The van der Waals surface area contributed by atoms with Crippen molar-refractivity contribution >= 4 is 0 Å². The van der Waals surface area contributed by atoms with Crippen molar-refractivity contribution < 1.29 is 0 Å². The topological polar surface area (TPSA) is 65.4 Å². The molecule has 0 amide bonds. The smallest absolute Gasteiger partial charge is 0.163 e. The Morgan fingerprint density at radius 3 is 2.43 bits per heavy atom. The van der Waals surface area contributed by atoms with Crippen molar-refractivity contribution in [1.29, 1.82) is 5.26 Å². The number of benzene rings is 2. The fraction of sp³-hybridized carbons (Fsp3) is 0.118. The maximum absolute atomic E-state index is 9.01. The van der Waals surface area contributed by atoms with Gasteiger partial charge in [-0.05, 0) is 30.5 Å². The summed E-state index contributed by atoms with van der Waals surface area (Å²) < 4.78 is 0. The van der Waals surface area contributed by atoms with Crippen LogP contribution in [0.1, 0.15) is 16.8 Å². The molecule has 0 fully saturated rings. The molecule has 0 saturated heterocycles. The quantitative estimate of drug-likeness (QED) is 0.776. The molecule has 1 N–H and O–H groups in total. The third-order valence-electron chi connectivity index (χ3n) is 3.52. The molecule has 0 spiro atoms. The van der Waals surface area contributed by atoms with Gasteiger partial charge in [0, 0.05) is 5.56 Å². The van der Waals surface area contributed by atoms with E-state index in [1.165, 1.54) is 16.7 Å². The molecule has 0 saturated carbocycles. The van der Waals surface area contributed by atoms with E-state index in [0.29, 0.717) is 11.4 Å². The molecule has 4 nitrogen and oxygen atoms in total. The fourth-order valence-corrected chi connectivity index (χ4v) is 2.36. The van der Waals surface area contributed by atoms with Gasteiger partial charge in [-0.1, -0.05) is 53.2 Å². The maximum Gasteiger partial charge on any atom is 0.163 e. The first kappa shape index (κ1) is 13.1. The molecule has 0 radical (unpaired) electrons. The molecular weight excluding hydrogens is 260 g/mol. The van der Waals surface area contributed by atoms with Gasteiger partial charge in [0.25, 0.3) is 0 Å². The molecule has 3 rings (SSSR count). The molecule has 1 heterocycles. The number of hydrogen-bond donors (Lipinski definition) is 1. The van der Waals surface area contributed by atoms with Crippen LogP contribution in [0.2, 0.25) is 0 Å². The average molecular weight is 274 g/mol. The summed E-state index contributed by atoms with van der Waals surface area (Å²) >= 11 is 0. The highest BCUT2D eigenvalue weighted by molar-refractivity contribution is 5.72. The van der Waals surface area contributed by atoms with Crippen LogP contribution < -0.4 is 0 Å². The average Bonchev–Trinajstić information content (AvgIpc) is 2.98. The van der Waals surface area contributed by atoms with Gasteiger partial charge in [-0.2, -0.15) is 5.26 Å². The lowest BCUT2D eigenvalue weighted by Gasteiger charge is -2.08. The van der Waals surface area contributed by atoms with Crippen LogP contribution in [0.25, 0.3) is 22.4 Å². The number of nitrogens with zero attached hydrogens (tertiary/aromatic N) is 3. The van der Waals surface area contributed by atoms with E-state index < -0.39 is 0 Å². The van der Waals surface area contributed by atoms with Crippen molar-refractivity contribution in [1.82, 2.24) is 15.4 Å². The Morgan fingerprint density at radius 1 is 1.00 bits per heavy atom. The highest BCUT2D eigenvalue weighted by atomic mass is 15.3. The molecule has 0 aliphatic heterocycles. The largest absolute Gasteiger partial charge is 0.247 e. The van der Waals surface area contributed by atoms with E-state index in [2.05, 4.69) is 53.5 Å². The van der Waals surface area contributed by atoms with E-state index in [9.17, 15) is 0 Å². The Balaban J connectivity index is 2.02. The lowest BCUT2D eigenvalue weighted by atomic mass is 9.97. The maximum atomic E-state index is 9.01. The third kappa shape index (κ3) is 2.41. The second kappa shape index (κ2) is 5.22. The monoisotopic (exact) mass is 274 g/mol. The van der Waals surface area contributed by atoms with Gasteiger partial charge in [-0.25, -0.2) is 5.10 Å². The van der Waals surface area contributed by atoms with Crippen LogP contribution in [0.15, 0.2) is 42.5 Å². The highest BCUT2D eigenvalue weighted by Gasteiger charge is 2.09. The van der Waals surface area contributed by atoms with E-state index in [4.69, 9.17) is 5.26 Å². The van der Waals surface area contributed by atoms with E-state index in [0.717, 1.165) is 11.1 Å².